The minimum absolute atomic E-state index is 0.00658. The molecular formula is C16H22F3N3O2. The summed E-state index contributed by atoms with van der Waals surface area (Å²) in [5, 5.41) is 2.81. The molecule has 2 rings (SSSR count). The van der Waals surface area contributed by atoms with Crippen LogP contribution in [0.3, 0.4) is 0 Å². The van der Waals surface area contributed by atoms with Gasteiger partial charge in [0, 0.05) is 31.4 Å². The van der Waals surface area contributed by atoms with Gasteiger partial charge in [-0.3, -0.25) is 9.59 Å². The maximum Gasteiger partial charge on any atom is 0.417 e. The number of pyridine rings is 1. The van der Waals surface area contributed by atoms with Crippen LogP contribution < -0.4 is 10.9 Å². The average molecular weight is 345 g/mol. The normalized spacial score (nSPS) is 17.0. The van der Waals surface area contributed by atoms with Crippen LogP contribution in [0.1, 0.15) is 31.7 Å². The summed E-state index contributed by atoms with van der Waals surface area (Å²) in [7, 11) is 0. The molecule has 1 fully saturated rings. The van der Waals surface area contributed by atoms with Gasteiger partial charge in [0.25, 0.3) is 5.56 Å². The van der Waals surface area contributed by atoms with E-state index in [2.05, 4.69) is 17.1 Å². The van der Waals surface area contributed by atoms with Crippen molar-refractivity contribution in [3.8, 4) is 0 Å². The summed E-state index contributed by atoms with van der Waals surface area (Å²) in [5.74, 6) is -0.439. The maximum absolute atomic E-state index is 12.7. The van der Waals surface area contributed by atoms with Crippen molar-refractivity contribution in [2.24, 2.45) is 0 Å². The molecule has 0 bridgehead atoms. The van der Waals surface area contributed by atoms with Crippen LogP contribution in [0.2, 0.25) is 0 Å². The van der Waals surface area contributed by atoms with Crippen LogP contribution in [-0.4, -0.2) is 41.1 Å². The molecule has 1 aliphatic heterocycles. The van der Waals surface area contributed by atoms with Gasteiger partial charge in [0.1, 0.15) is 6.54 Å². The molecule has 1 aromatic heterocycles. The van der Waals surface area contributed by atoms with E-state index in [9.17, 15) is 22.8 Å². The van der Waals surface area contributed by atoms with Crippen molar-refractivity contribution in [1.82, 2.24) is 14.8 Å². The predicted molar refractivity (Wildman–Crippen MR) is 83.6 cm³/mol. The molecule has 24 heavy (non-hydrogen) atoms. The minimum Gasteiger partial charge on any atom is -0.352 e. The Kier molecular flexibility index (Phi) is 6.04. The van der Waals surface area contributed by atoms with Crippen LogP contribution >= 0.6 is 0 Å². The lowest BCUT2D eigenvalue weighted by Crippen LogP contribution is -2.46. The lowest BCUT2D eigenvalue weighted by Gasteiger charge is -2.32. The molecule has 0 aliphatic carbocycles. The van der Waals surface area contributed by atoms with Gasteiger partial charge < -0.3 is 14.8 Å². The first kappa shape index (κ1) is 18.5. The zero-order valence-electron chi connectivity index (χ0n) is 13.6. The van der Waals surface area contributed by atoms with Gasteiger partial charge in [-0.15, -0.1) is 0 Å². The number of likely N-dealkylation sites (tertiary alicyclic amines) is 1. The Morgan fingerprint density at radius 1 is 1.29 bits per heavy atom. The lowest BCUT2D eigenvalue weighted by molar-refractivity contribution is -0.138. The molecule has 0 spiro atoms. The molecular weight excluding hydrogens is 323 g/mol. The fraction of sp³-hybridized carbons (Fsp3) is 0.625. The highest BCUT2D eigenvalue weighted by atomic mass is 19.4. The molecule has 0 aromatic carbocycles. The van der Waals surface area contributed by atoms with Crippen LogP contribution in [-0.2, 0) is 17.5 Å². The molecule has 5 nitrogen and oxygen atoms in total. The number of nitrogens with one attached hydrogen (secondary N) is 1. The van der Waals surface area contributed by atoms with E-state index in [1.807, 2.05) is 0 Å². The number of alkyl halides is 3. The number of carbonyl (C=O) groups is 1. The first-order valence-corrected chi connectivity index (χ1v) is 8.09. The van der Waals surface area contributed by atoms with Gasteiger partial charge in [0.05, 0.1) is 5.56 Å². The largest absolute Gasteiger partial charge is 0.417 e. The Morgan fingerprint density at radius 3 is 2.54 bits per heavy atom. The van der Waals surface area contributed by atoms with E-state index in [0.29, 0.717) is 6.20 Å². The smallest absolute Gasteiger partial charge is 0.352 e. The molecule has 1 N–H and O–H groups in total. The quantitative estimate of drug-likeness (QED) is 0.886. The van der Waals surface area contributed by atoms with Gasteiger partial charge in [-0.1, -0.05) is 6.92 Å². The van der Waals surface area contributed by atoms with Gasteiger partial charge in [0.15, 0.2) is 0 Å². The second-order valence-electron chi connectivity index (χ2n) is 6.07. The van der Waals surface area contributed by atoms with E-state index in [-0.39, 0.29) is 6.04 Å². The van der Waals surface area contributed by atoms with E-state index < -0.39 is 29.8 Å². The summed E-state index contributed by atoms with van der Waals surface area (Å²) in [6.07, 6.45) is -1.16. The molecule has 1 saturated heterocycles. The topological polar surface area (TPSA) is 54.3 Å². The minimum atomic E-state index is -4.54. The SMILES string of the molecule is CCCN1CCC(NC(=O)Cn2cc(C(F)(F)F)ccc2=O)CC1. The van der Waals surface area contributed by atoms with Crippen LogP contribution in [0.25, 0.3) is 0 Å². The van der Waals surface area contributed by atoms with Crippen molar-refractivity contribution >= 4 is 5.91 Å². The third-order valence-electron chi connectivity index (χ3n) is 4.12. The Bertz CT molecular complexity index is 620. The third kappa shape index (κ3) is 5.09. The van der Waals surface area contributed by atoms with Crippen LogP contribution in [0.4, 0.5) is 13.2 Å². The lowest BCUT2D eigenvalue weighted by atomic mass is 10.0. The Balaban J connectivity index is 1.92. The van der Waals surface area contributed by atoms with E-state index in [1.165, 1.54) is 0 Å². The predicted octanol–water partition coefficient (Wildman–Crippen LogP) is 1.86. The highest BCUT2D eigenvalue weighted by molar-refractivity contribution is 5.76. The summed E-state index contributed by atoms with van der Waals surface area (Å²) in [6.45, 7) is 4.52. The Morgan fingerprint density at radius 2 is 1.96 bits per heavy atom. The number of rotatable bonds is 5. The first-order chi connectivity index (χ1) is 11.3. The number of piperidine rings is 1. The average Bonchev–Trinajstić information content (AvgIpc) is 2.50. The zero-order chi connectivity index (χ0) is 17.7. The molecule has 0 atom stereocenters. The van der Waals surface area contributed by atoms with Gasteiger partial charge in [0.2, 0.25) is 5.91 Å². The number of carbonyl (C=O) groups excluding carboxylic acids is 1. The van der Waals surface area contributed by atoms with Crippen LogP contribution in [0, 0.1) is 0 Å². The molecule has 134 valence electrons. The van der Waals surface area contributed by atoms with E-state index in [1.54, 1.807) is 0 Å². The zero-order valence-corrected chi connectivity index (χ0v) is 13.6. The van der Waals surface area contributed by atoms with E-state index in [4.69, 9.17) is 0 Å². The molecule has 1 aliphatic rings. The van der Waals surface area contributed by atoms with Crippen molar-refractivity contribution in [1.29, 1.82) is 0 Å². The number of amides is 1. The van der Waals surface area contributed by atoms with Gasteiger partial charge >= 0.3 is 6.18 Å². The summed E-state index contributed by atoms with van der Waals surface area (Å²) in [4.78, 5) is 26.0. The Labute approximate surface area is 138 Å². The van der Waals surface area contributed by atoms with Crippen LogP contribution in [0.15, 0.2) is 23.1 Å². The summed E-state index contributed by atoms with van der Waals surface area (Å²) < 4.78 is 38.9. The molecule has 8 heteroatoms. The summed E-state index contributed by atoms with van der Waals surface area (Å²) in [5.41, 5.74) is -1.57. The molecule has 0 saturated carbocycles. The standard InChI is InChI=1S/C16H22F3N3O2/c1-2-7-21-8-5-13(6-9-21)20-14(23)11-22-10-12(16(17,18)19)3-4-15(22)24/h3-4,10,13H,2,5-9,11H2,1H3,(H,20,23). The molecule has 2 heterocycles. The van der Waals surface area contributed by atoms with Crippen molar-refractivity contribution in [3.05, 3.63) is 34.2 Å². The van der Waals surface area contributed by atoms with E-state index >= 15 is 0 Å². The van der Waals surface area contributed by atoms with Crippen LogP contribution in [0.5, 0.6) is 0 Å². The number of halogens is 3. The van der Waals surface area contributed by atoms with Gasteiger partial charge in [-0.2, -0.15) is 13.2 Å². The number of hydrogen-bond acceptors (Lipinski definition) is 3. The van der Waals surface area contributed by atoms with Crippen molar-refractivity contribution in [3.63, 3.8) is 0 Å². The monoisotopic (exact) mass is 345 g/mol. The van der Waals surface area contributed by atoms with Crippen molar-refractivity contribution in [2.45, 2.75) is 44.9 Å². The highest BCUT2D eigenvalue weighted by Gasteiger charge is 2.31. The summed E-state index contributed by atoms with van der Waals surface area (Å²) in [6, 6.07) is 1.56. The van der Waals surface area contributed by atoms with Crippen molar-refractivity contribution < 1.29 is 18.0 Å². The molecule has 0 radical (unpaired) electrons. The summed E-state index contributed by atoms with van der Waals surface area (Å²) >= 11 is 0. The molecule has 0 unspecified atom stereocenters. The fourth-order valence-electron chi connectivity index (χ4n) is 2.87. The second-order valence-corrected chi connectivity index (χ2v) is 6.07. The molecule has 1 amide bonds. The third-order valence-corrected chi connectivity index (χ3v) is 4.12. The Hall–Kier alpha value is -1.83. The van der Waals surface area contributed by atoms with Gasteiger partial charge in [-0.25, -0.2) is 0 Å². The number of aromatic nitrogens is 1. The first-order valence-electron chi connectivity index (χ1n) is 8.09. The second kappa shape index (κ2) is 7.83. The van der Waals surface area contributed by atoms with E-state index in [0.717, 1.165) is 55.6 Å². The highest BCUT2D eigenvalue weighted by Crippen LogP contribution is 2.27. The number of nitrogens with zero attached hydrogens (tertiary/aromatic N) is 2. The maximum atomic E-state index is 12.7. The molecule has 1 aromatic rings. The van der Waals surface area contributed by atoms with Gasteiger partial charge in [-0.05, 0) is 31.9 Å². The number of hydrogen-bond donors (Lipinski definition) is 1. The fourth-order valence-corrected chi connectivity index (χ4v) is 2.87. The van der Waals surface area contributed by atoms with Crippen molar-refractivity contribution in [2.75, 3.05) is 19.6 Å².